The van der Waals surface area contributed by atoms with Gasteiger partial charge in [0.05, 0.1) is 44.4 Å². The average molecular weight is 438 g/mol. The number of benzene rings is 1. The highest BCUT2D eigenvalue weighted by Gasteiger charge is 2.28. The van der Waals surface area contributed by atoms with E-state index in [-0.39, 0.29) is 12.2 Å². The Morgan fingerprint density at radius 3 is 2.84 bits per heavy atom. The van der Waals surface area contributed by atoms with Gasteiger partial charge in [0.15, 0.2) is 5.69 Å². The lowest BCUT2D eigenvalue weighted by Crippen LogP contribution is -2.36. The average Bonchev–Trinajstić information content (AvgIpc) is 3.48. The van der Waals surface area contributed by atoms with Crippen LogP contribution in [0.2, 0.25) is 0 Å². The number of aromatic nitrogens is 2. The highest BCUT2D eigenvalue weighted by molar-refractivity contribution is 5.41. The fourth-order valence-corrected chi connectivity index (χ4v) is 4.20. The summed E-state index contributed by atoms with van der Waals surface area (Å²) in [5, 5.41) is 12.1. The highest BCUT2D eigenvalue weighted by atomic mass is 16.5. The van der Waals surface area contributed by atoms with E-state index in [0.717, 1.165) is 42.8 Å². The molecule has 2 fully saturated rings. The fourth-order valence-electron chi connectivity index (χ4n) is 4.20. The first kappa shape index (κ1) is 22.4. The number of likely N-dealkylation sites (tertiary alicyclic amines) is 1. The number of nitriles is 1. The van der Waals surface area contributed by atoms with Crippen molar-refractivity contribution in [3.05, 3.63) is 47.4 Å². The maximum absolute atomic E-state index is 8.84. The van der Waals surface area contributed by atoms with E-state index in [1.165, 1.54) is 6.20 Å². The Balaban J connectivity index is 1.33. The Hall–Kier alpha value is -2.77. The van der Waals surface area contributed by atoms with Crippen LogP contribution in [0.4, 0.5) is 5.82 Å². The number of hydrogen-bond acceptors (Lipinski definition) is 9. The second-order valence-electron chi connectivity index (χ2n) is 8.56. The highest BCUT2D eigenvalue weighted by Crippen LogP contribution is 2.31. The van der Waals surface area contributed by atoms with Gasteiger partial charge in [-0.2, -0.15) is 5.26 Å². The molecular formula is C23H31N7O2. The van der Waals surface area contributed by atoms with E-state index in [1.54, 1.807) is 13.3 Å². The van der Waals surface area contributed by atoms with Crippen molar-refractivity contribution in [2.45, 2.75) is 57.6 Å². The lowest BCUT2D eigenvalue weighted by atomic mass is 10.0. The molecule has 2 unspecified atom stereocenters. The van der Waals surface area contributed by atoms with Gasteiger partial charge in [0, 0.05) is 31.1 Å². The minimum Gasteiger partial charge on any atom is -0.496 e. The maximum atomic E-state index is 8.84. The molecule has 4 rings (SSSR count). The molecule has 3 heterocycles. The molecule has 0 saturated carbocycles. The van der Waals surface area contributed by atoms with Crippen LogP contribution in [0.3, 0.4) is 0 Å². The smallest absolute Gasteiger partial charge is 0.158 e. The summed E-state index contributed by atoms with van der Waals surface area (Å²) in [6.07, 6.45) is 5.16. The second-order valence-corrected chi connectivity index (χ2v) is 8.56. The zero-order chi connectivity index (χ0) is 22.5. The lowest BCUT2D eigenvalue weighted by molar-refractivity contribution is 0.0443. The second kappa shape index (κ2) is 10.2. The Labute approximate surface area is 189 Å². The van der Waals surface area contributed by atoms with Crippen molar-refractivity contribution in [3.63, 3.8) is 0 Å². The summed E-state index contributed by atoms with van der Waals surface area (Å²) >= 11 is 0. The third kappa shape index (κ3) is 5.34. The van der Waals surface area contributed by atoms with E-state index in [9.17, 15) is 0 Å². The number of rotatable bonds is 8. The van der Waals surface area contributed by atoms with E-state index in [4.69, 9.17) is 14.7 Å². The van der Waals surface area contributed by atoms with Gasteiger partial charge in [0.1, 0.15) is 17.6 Å². The molecule has 2 aliphatic rings. The quantitative estimate of drug-likeness (QED) is 0.573. The van der Waals surface area contributed by atoms with Crippen LogP contribution in [0.25, 0.3) is 0 Å². The standard InChI is InChI=1S/C23H31N7O2/c1-15(2)30-7-6-18(13-30)32-14-16-4-5-19(21(8-16)31-3)20-9-22(29-28-20)27-23-12-25-17(10-24)11-26-23/h4-5,8,11-12,15,18,20,22,28-29H,6-7,9,13-14H2,1-3H3,(H,26,27)/t18-,20?,22?/m0/s1. The van der Waals surface area contributed by atoms with Crippen molar-refractivity contribution < 1.29 is 9.47 Å². The number of nitrogens with one attached hydrogen (secondary N) is 3. The monoisotopic (exact) mass is 437 g/mol. The van der Waals surface area contributed by atoms with Crippen LogP contribution in [0.5, 0.6) is 5.75 Å². The molecule has 0 spiro atoms. The molecule has 0 radical (unpaired) electrons. The summed E-state index contributed by atoms with van der Waals surface area (Å²) in [6, 6.07) is 8.91. The number of ether oxygens (including phenoxy) is 2. The van der Waals surface area contributed by atoms with Gasteiger partial charge in [-0.25, -0.2) is 20.8 Å². The first-order valence-corrected chi connectivity index (χ1v) is 11.1. The topological polar surface area (TPSA) is 107 Å². The van der Waals surface area contributed by atoms with E-state index < -0.39 is 0 Å². The van der Waals surface area contributed by atoms with Gasteiger partial charge in [0.25, 0.3) is 0 Å². The van der Waals surface area contributed by atoms with Crippen molar-refractivity contribution in [1.82, 2.24) is 25.7 Å². The van der Waals surface area contributed by atoms with Gasteiger partial charge in [-0.05, 0) is 31.9 Å². The van der Waals surface area contributed by atoms with Crippen LogP contribution in [-0.2, 0) is 11.3 Å². The summed E-state index contributed by atoms with van der Waals surface area (Å²) in [7, 11) is 1.70. The number of methoxy groups -OCH3 is 1. The van der Waals surface area contributed by atoms with Gasteiger partial charge >= 0.3 is 0 Å². The first-order chi connectivity index (χ1) is 15.6. The molecule has 3 N–H and O–H groups in total. The van der Waals surface area contributed by atoms with Crippen molar-refractivity contribution in [2.24, 2.45) is 0 Å². The van der Waals surface area contributed by atoms with Crippen LogP contribution in [0.15, 0.2) is 30.6 Å². The minimum absolute atomic E-state index is 0.0266. The van der Waals surface area contributed by atoms with Gasteiger partial charge in [0.2, 0.25) is 0 Å². The Bertz CT molecular complexity index is 944. The predicted octanol–water partition coefficient (Wildman–Crippen LogP) is 2.33. The first-order valence-electron chi connectivity index (χ1n) is 11.1. The summed E-state index contributed by atoms with van der Waals surface area (Å²) in [6.45, 7) is 7.16. The van der Waals surface area contributed by atoms with E-state index in [1.807, 2.05) is 6.07 Å². The third-order valence-corrected chi connectivity index (χ3v) is 6.06. The third-order valence-electron chi connectivity index (χ3n) is 6.06. The molecule has 9 nitrogen and oxygen atoms in total. The van der Waals surface area contributed by atoms with Crippen LogP contribution in [0, 0.1) is 11.3 Å². The molecule has 32 heavy (non-hydrogen) atoms. The predicted molar refractivity (Wildman–Crippen MR) is 121 cm³/mol. The summed E-state index contributed by atoms with van der Waals surface area (Å²) in [5.74, 6) is 1.46. The summed E-state index contributed by atoms with van der Waals surface area (Å²) in [5.41, 5.74) is 9.07. The van der Waals surface area contributed by atoms with Crippen molar-refractivity contribution in [3.8, 4) is 11.8 Å². The van der Waals surface area contributed by atoms with Crippen molar-refractivity contribution >= 4 is 5.82 Å². The Morgan fingerprint density at radius 2 is 2.16 bits per heavy atom. The van der Waals surface area contributed by atoms with Crippen LogP contribution in [-0.4, -0.2) is 53.4 Å². The molecule has 1 aromatic carbocycles. The lowest BCUT2D eigenvalue weighted by Gasteiger charge is -2.20. The number of hydrazine groups is 1. The largest absolute Gasteiger partial charge is 0.496 e. The molecule has 1 aromatic heterocycles. The summed E-state index contributed by atoms with van der Waals surface area (Å²) < 4.78 is 11.9. The van der Waals surface area contributed by atoms with Crippen LogP contribution >= 0.6 is 0 Å². The number of nitrogens with zero attached hydrogens (tertiary/aromatic N) is 4. The number of anilines is 1. The molecular weight excluding hydrogens is 406 g/mol. The number of hydrogen-bond donors (Lipinski definition) is 3. The van der Waals surface area contributed by atoms with Crippen LogP contribution in [0.1, 0.15) is 49.6 Å². The molecule has 3 atom stereocenters. The molecule has 0 aliphatic carbocycles. The normalized spacial score (nSPS) is 23.4. The fraction of sp³-hybridized carbons (Fsp3) is 0.522. The summed E-state index contributed by atoms with van der Waals surface area (Å²) in [4.78, 5) is 10.7. The Kier molecular flexibility index (Phi) is 7.17. The van der Waals surface area contributed by atoms with E-state index in [2.05, 4.69) is 63.1 Å². The van der Waals surface area contributed by atoms with Crippen LogP contribution < -0.4 is 20.9 Å². The van der Waals surface area contributed by atoms with E-state index >= 15 is 0 Å². The van der Waals surface area contributed by atoms with Gasteiger partial charge < -0.3 is 14.8 Å². The molecule has 2 aliphatic heterocycles. The van der Waals surface area contributed by atoms with Gasteiger partial charge in [-0.15, -0.1) is 0 Å². The Morgan fingerprint density at radius 1 is 1.28 bits per heavy atom. The maximum Gasteiger partial charge on any atom is 0.158 e. The SMILES string of the molecule is COc1cc(CO[C@H]2CCN(C(C)C)C2)ccc1C1CC(Nc2cnc(C#N)cn2)NN1. The zero-order valence-electron chi connectivity index (χ0n) is 18.8. The molecule has 0 amide bonds. The van der Waals surface area contributed by atoms with Gasteiger partial charge in [-0.3, -0.25) is 4.90 Å². The molecule has 0 bridgehead atoms. The van der Waals surface area contributed by atoms with E-state index in [0.29, 0.717) is 30.3 Å². The molecule has 2 aromatic rings. The van der Waals surface area contributed by atoms with Crippen molar-refractivity contribution in [2.75, 3.05) is 25.5 Å². The molecule has 2 saturated heterocycles. The minimum atomic E-state index is -0.0266. The molecule has 9 heteroatoms. The molecule has 170 valence electrons. The van der Waals surface area contributed by atoms with Crippen molar-refractivity contribution in [1.29, 1.82) is 5.26 Å². The van der Waals surface area contributed by atoms with Gasteiger partial charge in [-0.1, -0.05) is 12.1 Å². The zero-order valence-corrected chi connectivity index (χ0v) is 18.8.